The average molecular weight is 571 g/mol. The van der Waals surface area contributed by atoms with Gasteiger partial charge in [-0.3, -0.25) is 9.36 Å². The molecule has 0 aliphatic carbocycles. The minimum absolute atomic E-state index is 0.537. The van der Waals surface area contributed by atoms with Crippen molar-refractivity contribution in [2.75, 3.05) is 0 Å². The number of tetrazole rings is 2. The van der Waals surface area contributed by atoms with Gasteiger partial charge in [0.05, 0.1) is 49.7 Å². The standard InChI is InChI=1S/C26H26N12S2/c1-3-37-31-23(29-33-37)21-15-27-35(17-19-11-7-5-8-12-19)25(21)39-40-26-22(24-30-34-38(4-2)32-24)16-28-36(26)18-20-13-9-6-10-14-20/h5-16H,3-4,17-18H2,1-2H3. The zero-order valence-corrected chi connectivity index (χ0v) is 23.6. The minimum Gasteiger partial charge on any atom is -0.253 e. The molecule has 2 aromatic carbocycles. The van der Waals surface area contributed by atoms with Crippen LogP contribution in [-0.2, 0) is 26.2 Å². The van der Waals surface area contributed by atoms with E-state index in [1.807, 2.05) is 59.6 Å². The molecule has 6 rings (SSSR count). The number of aryl methyl sites for hydroxylation is 2. The third-order valence-electron chi connectivity index (χ3n) is 6.09. The first-order chi connectivity index (χ1) is 19.7. The first-order valence-corrected chi connectivity index (χ1v) is 15.0. The van der Waals surface area contributed by atoms with Gasteiger partial charge in [0, 0.05) is 0 Å². The monoisotopic (exact) mass is 570 g/mol. The SMILES string of the molecule is CCn1nnc(-c2cnn(Cc3ccccc3)c2SSc2c(-c3nnn(CC)n3)cnn2Cc2ccccc2)n1. The second kappa shape index (κ2) is 11.8. The van der Waals surface area contributed by atoms with Crippen LogP contribution in [0.15, 0.2) is 83.1 Å². The zero-order chi connectivity index (χ0) is 27.3. The van der Waals surface area contributed by atoms with Crippen LogP contribution in [0.5, 0.6) is 0 Å². The van der Waals surface area contributed by atoms with E-state index in [9.17, 15) is 0 Å². The van der Waals surface area contributed by atoms with Crippen molar-refractivity contribution in [3.63, 3.8) is 0 Å². The predicted molar refractivity (Wildman–Crippen MR) is 152 cm³/mol. The Morgan fingerprint density at radius 1 is 0.600 bits per heavy atom. The molecule has 0 fully saturated rings. The van der Waals surface area contributed by atoms with Crippen molar-refractivity contribution in [1.82, 2.24) is 60.0 Å². The molecule has 0 amide bonds. The lowest BCUT2D eigenvalue weighted by Crippen LogP contribution is -2.04. The molecule has 0 saturated carbocycles. The van der Waals surface area contributed by atoms with Crippen LogP contribution in [0.25, 0.3) is 22.8 Å². The normalized spacial score (nSPS) is 11.3. The number of hydrogen-bond acceptors (Lipinski definition) is 10. The van der Waals surface area contributed by atoms with E-state index in [1.165, 1.54) is 0 Å². The molecule has 0 unspecified atom stereocenters. The van der Waals surface area contributed by atoms with Crippen LogP contribution >= 0.6 is 21.6 Å². The van der Waals surface area contributed by atoms with Crippen LogP contribution in [0.1, 0.15) is 25.0 Å². The lowest BCUT2D eigenvalue weighted by Gasteiger charge is -2.11. The van der Waals surface area contributed by atoms with Gasteiger partial charge in [-0.15, -0.1) is 20.4 Å². The molecule has 0 aliphatic rings. The Morgan fingerprint density at radius 2 is 1.02 bits per heavy atom. The van der Waals surface area contributed by atoms with Crippen LogP contribution in [0.4, 0.5) is 0 Å². The summed E-state index contributed by atoms with van der Waals surface area (Å²) < 4.78 is 3.94. The highest BCUT2D eigenvalue weighted by Crippen LogP contribution is 2.44. The van der Waals surface area contributed by atoms with Crippen molar-refractivity contribution < 1.29 is 0 Å². The number of rotatable bonds is 11. The van der Waals surface area contributed by atoms with Gasteiger partial charge >= 0.3 is 0 Å². The number of aromatic nitrogens is 12. The van der Waals surface area contributed by atoms with E-state index < -0.39 is 0 Å². The van der Waals surface area contributed by atoms with Crippen molar-refractivity contribution in [3.05, 3.63) is 84.2 Å². The fraction of sp³-hybridized carbons (Fsp3) is 0.231. The molecule has 0 spiro atoms. The van der Waals surface area contributed by atoms with Crippen LogP contribution in [0.2, 0.25) is 0 Å². The minimum atomic E-state index is 0.537. The fourth-order valence-corrected chi connectivity index (χ4v) is 6.57. The summed E-state index contributed by atoms with van der Waals surface area (Å²) in [5.41, 5.74) is 3.92. The maximum Gasteiger partial charge on any atom is 0.209 e. The summed E-state index contributed by atoms with van der Waals surface area (Å²) in [6.45, 7) is 6.44. The van der Waals surface area contributed by atoms with E-state index >= 15 is 0 Å². The smallest absolute Gasteiger partial charge is 0.209 e. The molecule has 0 bridgehead atoms. The molecule has 4 heterocycles. The van der Waals surface area contributed by atoms with E-state index in [0.717, 1.165) is 32.3 Å². The molecule has 6 aromatic rings. The topological polar surface area (TPSA) is 123 Å². The molecule has 0 aliphatic heterocycles. The summed E-state index contributed by atoms with van der Waals surface area (Å²) in [4.78, 5) is 3.14. The Morgan fingerprint density at radius 3 is 1.40 bits per heavy atom. The molecule has 40 heavy (non-hydrogen) atoms. The van der Waals surface area contributed by atoms with Gasteiger partial charge in [0.2, 0.25) is 11.6 Å². The molecule has 0 atom stereocenters. The lowest BCUT2D eigenvalue weighted by molar-refractivity contribution is 0.552. The fourth-order valence-electron chi connectivity index (χ4n) is 4.02. The first-order valence-electron chi connectivity index (χ1n) is 12.8. The van der Waals surface area contributed by atoms with Gasteiger partial charge in [-0.1, -0.05) is 60.7 Å². The summed E-state index contributed by atoms with van der Waals surface area (Å²) >= 11 is 0. The summed E-state index contributed by atoms with van der Waals surface area (Å²) in [7, 11) is 3.14. The van der Waals surface area contributed by atoms with Crippen LogP contribution < -0.4 is 0 Å². The third kappa shape index (κ3) is 5.53. The highest BCUT2D eigenvalue weighted by Gasteiger charge is 2.23. The molecule has 0 N–H and O–H groups in total. The summed E-state index contributed by atoms with van der Waals surface area (Å²) in [6, 6.07) is 20.5. The second-order valence-electron chi connectivity index (χ2n) is 8.78. The van der Waals surface area contributed by atoms with Gasteiger partial charge in [-0.2, -0.15) is 19.8 Å². The Bertz CT molecular complexity index is 1560. The second-order valence-corrected chi connectivity index (χ2v) is 10.9. The maximum atomic E-state index is 4.71. The molecule has 0 saturated heterocycles. The van der Waals surface area contributed by atoms with Gasteiger partial charge in [-0.25, -0.2) is 0 Å². The molecule has 0 radical (unpaired) electrons. The van der Waals surface area contributed by atoms with E-state index in [4.69, 9.17) is 10.2 Å². The van der Waals surface area contributed by atoms with E-state index in [0.29, 0.717) is 37.8 Å². The molecule has 4 aromatic heterocycles. The Kier molecular flexibility index (Phi) is 7.68. The number of hydrogen-bond donors (Lipinski definition) is 0. The summed E-state index contributed by atoms with van der Waals surface area (Å²) in [6.07, 6.45) is 3.61. The van der Waals surface area contributed by atoms with E-state index in [1.54, 1.807) is 43.6 Å². The highest BCUT2D eigenvalue weighted by molar-refractivity contribution is 8.76. The van der Waals surface area contributed by atoms with Crippen LogP contribution in [-0.4, -0.2) is 60.0 Å². The van der Waals surface area contributed by atoms with Crippen molar-refractivity contribution in [3.8, 4) is 22.8 Å². The van der Waals surface area contributed by atoms with Gasteiger partial charge < -0.3 is 0 Å². The average Bonchev–Trinajstić information content (AvgIpc) is 3.80. The van der Waals surface area contributed by atoms with Gasteiger partial charge in [0.25, 0.3) is 0 Å². The maximum absolute atomic E-state index is 4.71. The Labute approximate surface area is 238 Å². The predicted octanol–water partition coefficient (Wildman–Crippen LogP) is 4.32. The first kappa shape index (κ1) is 26.0. The van der Waals surface area contributed by atoms with Crippen LogP contribution in [0, 0.1) is 0 Å². The highest BCUT2D eigenvalue weighted by atomic mass is 33.1. The number of nitrogens with zero attached hydrogens (tertiary/aromatic N) is 12. The molecule has 12 nitrogen and oxygen atoms in total. The van der Waals surface area contributed by atoms with Crippen LogP contribution in [0.3, 0.4) is 0 Å². The van der Waals surface area contributed by atoms with E-state index in [-0.39, 0.29) is 0 Å². The molecule has 14 heteroatoms. The van der Waals surface area contributed by atoms with Gasteiger partial charge in [0.1, 0.15) is 10.1 Å². The van der Waals surface area contributed by atoms with Crippen molar-refractivity contribution >= 4 is 21.6 Å². The third-order valence-corrected chi connectivity index (χ3v) is 8.54. The summed E-state index contributed by atoms with van der Waals surface area (Å²) in [5.74, 6) is 1.07. The molecular formula is C26H26N12S2. The Hall–Kier alpha value is -4.30. The summed E-state index contributed by atoms with van der Waals surface area (Å²) in [5, 5.41) is 37.2. The lowest BCUT2D eigenvalue weighted by atomic mass is 10.2. The quantitative estimate of drug-likeness (QED) is 0.208. The van der Waals surface area contributed by atoms with Crippen molar-refractivity contribution in [1.29, 1.82) is 0 Å². The van der Waals surface area contributed by atoms with E-state index in [2.05, 4.69) is 55.1 Å². The van der Waals surface area contributed by atoms with Gasteiger partial charge in [0.15, 0.2) is 0 Å². The van der Waals surface area contributed by atoms with Crippen molar-refractivity contribution in [2.45, 2.75) is 50.1 Å². The molecular weight excluding hydrogens is 545 g/mol. The van der Waals surface area contributed by atoms with Crippen molar-refractivity contribution in [2.24, 2.45) is 0 Å². The van der Waals surface area contributed by atoms with Gasteiger partial charge in [-0.05, 0) is 57.0 Å². The molecule has 202 valence electrons. The number of benzene rings is 2. The largest absolute Gasteiger partial charge is 0.253 e. The zero-order valence-electron chi connectivity index (χ0n) is 21.9. The Balaban J connectivity index is 1.37.